The van der Waals surface area contributed by atoms with Gasteiger partial charge in [-0.2, -0.15) is 0 Å². The van der Waals surface area contributed by atoms with Gasteiger partial charge in [0, 0.05) is 13.2 Å². The van der Waals surface area contributed by atoms with Gasteiger partial charge in [0.25, 0.3) is 0 Å². The first kappa shape index (κ1) is 11.3. The first-order chi connectivity index (χ1) is 6.81. The van der Waals surface area contributed by atoms with Gasteiger partial charge in [-0.3, -0.25) is 5.43 Å². The van der Waals surface area contributed by atoms with Gasteiger partial charge in [-0.05, 0) is 12.3 Å². The summed E-state index contributed by atoms with van der Waals surface area (Å²) in [5.74, 6) is 6.79. The van der Waals surface area contributed by atoms with E-state index in [1.165, 1.54) is 12.8 Å². The number of hydrogen-bond donors (Lipinski definition) is 3. The molecule has 0 heterocycles. The van der Waals surface area contributed by atoms with Gasteiger partial charge in [0.05, 0.1) is 13.2 Å². The Balaban J connectivity index is 2.21. The Morgan fingerprint density at radius 2 is 2.43 bits per heavy atom. The summed E-state index contributed by atoms with van der Waals surface area (Å²) in [5.41, 5.74) is 2.56. The number of ether oxygens (including phenoxy) is 1. The second-order valence-electron chi connectivity index (χ2n) is 3.52. The van der Waals surface area contributed by atoms with Gasteiger partial charge in [-0.25, -0.2) is 10.8 Å². The lowest BCUT2D eigenvalue weighted by molar-refractivity contribution is 0.208. The largest absolute Gasteiger partial charge is 0.383 e. The maximum Gasteiger partial charge on any atom is 0.206 e. The zero-order valence-corrected chi connectivity index (χ0v) is 8.92. The summed E-state index contributed by atoms with van der Waals surface area (Å²) < 4.78 is 4.90. The Labute approximate surface area is 85.1 Å². The SMILES string of the molecule is CCC1CC1NC(=NCCOC)NN. The molecule has 1 aliphatic rings. The van der Waals surface area contributed by atoms with E-state index < -0.39 is 0 Å². The van der Waals surface area contributed by atoms with Gasteiger partial charge in [0.2, 0.25) is 5.96 Å². The molecule has 5 heteroatoms. The molecule has 0 saturated heterocycles. The molecule has 14 heavy (non-hydrogen) atoms. The number of aliphatic imine (C=N–C) groups is 1. The number of hydrogen-bond acceptors (Lipinski definition) is 3. The zero-order valence-electron chi connectivity index (χ0n) is 8.92. The Bertz CT molecular complexity index is 195. The lowest BCUT2D eigenvalue weighted by Gasteiger charge is -2.08. The summed E-state index contributed by atoms with van der Waals surface area (Å²) in [5, 5.41) is 3.26. The van der Waals surface area contributed by atoms with Crippen molar-refractivity contribution in [3.63, 3.8) is 0 Å². The molecule has 4 N–H and O–H groups in total. The van der Waals surface area contributed by atoms with Crippen LogP contribution in [0.1, 0.15) is 19.8 Å². The van der Waals surface area contributed by atoms with E-state index >= 15 is 0 Å². The van der Waals surface area contributed by atoms with Crippen molar-refractivity contribution < 1.29 is 4.74 Å². The van der Waals surface area contributed by atoms with Crippen molar-refractivity contribution in [2.75, 3.05) is 20.3 Å². The van der Waals surface area contributed by atoms with Crippen LogP contribution in [-0.4, -0.2) is 32.3 Å². The van der Waals surface area contributed by atoms with Crippen molar-refractivity contribution in [3.8, 4) is 0 Å². The molecule has 1 saturated carbocycles. The molecule has 0 aromatic heterocycles. The van der Waals surface area contributed by atoms with E-state index in [4.69, 9.17) is 10.6 Å². The normalized spacial score (nSPS) is 26.1. The van der Waals surface area contributed by atoms with Crippen LogP contribution in [0.5, 0.6) is 0 Å². The first-order valence-electron chi connectivity index (χ1n) is 5.08. The van der Waals surface area contributed by atoms with E-state index in [1.807, 2.05) is 0 Å². The average Bonchev–Trinajstić information content (AvgIpc) is 2.95. The molecule has 0 bridgehead atoms. The molecule has 82 valence electrons. The van der Waals surface area contributed by atoms with Crippen LogP contribution in [0.3, 0.4) is 0 Å². The van der Waals surface area contributed by atoms with E-state index in [1.54, 1.807) is 7.11 Å². The molecule has 5 nitrogen and oxygen atoms in total. The van der Waals surface area contributed by atoms with Crippen LogP contribution >= 0.6 is 0 Å². The van der Waals surface area contributed by atoms with Crippen molar-refractivity contribution >= 4 is 5.96 Å². The molecule has 1 fully saturated rings. The smallest absolute Gasteiger partial charge is 0.206 e. The molecule has 0 aliphatic heterocycles. The van der Waals surface area contributed by atoms with Gasteiger partial charge in [-0.1, -0.05) is 13.3 Å². The summed E-state index contributed by atoms with van der Waals surface area (Å²) in [6, 6.07) is 0.553. The quantitative estimate of drug-likeness (QED) is 0.190. The number of hydrazine groups is 1. The van der Waals surface area contributed by atoms with E-state index in [-0.39, 0.29) is 0 Å². The fraction of sp³-hybridized carbons (Fsp3) is 0.889. The molecule has 0 radical (unpaired) electrons. The van der Waals surface area contributed by atoms with Gasteiger partial charge >= 0.3 is 0 Å². The van der Waals surface area contributed by atoms with Crippen LogP contribution in [0.2, 0.25) is 0 Å². The molecule has 2 unspecified atom stereocenters. The summed E-state index contributed by atoms with van der Waals surface area (Å²) >= 11 is 0. The maximum absolute atomic E-state index is 5.33. The predicted octanol–water partition coefficient (Wildman–Crippen LogP) is -0.160. The zero-order chi connectivity index (χ0) is 10.4. The first-order valence-corrected chi connectivity index (χ1v) is 5.08. The van der Waals surface area contributed by atoms with Gasteiger partial charge in [-0.15, -0.1) is 0 Å². The summed E-state index contributed by atoms with van der Waals surface area (Å²) in [6.45, 7) is 3.45. The molecule has 1 aliphatic carbocycles. The van der Waals surface area contributed by atoms with Crippen molar-refractivity contribution in [2.45, 2.75) is 25.8 Å². The van der Waals surface area contributed by atoms with E-state index in [2.05, 4.69) is 22.7 Å². The summed E-state index contributed by atoms with van der Waals surface area (Å²) in [4.78, 5) is 4.23. The van der Waals surface area contributed by atoms with Crippen molar-refractivity contribution in [1.82, 2.24) is 10.7 Å². The minimum atomic E-state index is 0.553. The van der Waals surface area contributed by atoms with Gasteiger partial charge in [0.1, 0.15) is 0 Å². The lowest BCUT2D eigenvalue weighted by Crippen LogP contribution is -2.43. The number of nitrogens with one attached hydrogen (secondary N) is 2. The Morgan fingerprint density at radius 1 is 1.64 bits per heavy atom. The fourth-order valence-corrected chi connectivity index (χ4v) is 1.43. The Morgan fingerprint density at radius 3 is 2.93 bits per heavy atom. The molecule has 1 rings (SSSR count). The van der Waals surface area contributed by atoms with Crippen LogP contribution in [0.4, 0.5) is 0 Å². The van der Waals surface area contributed by atoms with Crippen molar-refractivity contribution in [2.24, 2.45) is 16.8 Å². The highest BCUT2D eigenvalue weighted by molar-refractivity contribution is 5.79. The monoisotopic (exact) mass is 200 g/mol. The highest BCUT2D eigenvalue weighted by atomic mass is 16.5. The predicted molar refractivity (Wildman–Crippen MR) is 56.8 cm³/mol. The van der Waals surface area contributed by atoms with Crippen LogP contribution in [0, 0.1) is 5.92 Å². The van der Waals surface area contributed by atoms with Crippen LogP contribution in [-0.2, 0) is 4.74 Å². The summed E-state index contributed by atoms with van der Waals surface area (Å²) in [6.07, 6.45) is 2.44. The summed E-state index contributed by atoms with van der Waals surface area (Å²) in [7, 11) is 1.66. The number of nitrogens with two attached hydrogens (primary N) is 1. The molecular formula is C9H20N4O. The topological polar surface area (TPSA) is 71.7 Å². The molecule has 0 aromatic rings. The van der Waals surface area contributed by atoms with Gasteiger partial charge in [0.15, 0.2) is 0 Å². The van der Waals surface area contributed by atoms with Crippen molar-refractivity contribution in [3.05, 3.63) is 0 Å². The van der Waals surface area contributed by atoms with E-state index in [0.717, 1.165) is 5.92 Å². The highest BCUT2D eigenvalue weighted by Crippen LogP contribution is 2.32. The number of guanidine groups is 1. The number of methoxy groups -OCH3 is 1. The second-order valence-corrected chi connectivity index (χ2v) is 3.52. The molecule has 0 amide bonds. The van der Waals surface area contributed by atoms with E-state index in [0.29, 0.717) is 25.2 Å². The lowest BCUT2D eigenvalue weighted by atomic mass is 10.3. The maximum atomic E-state index is 5.33. The van der Waals surface area contributed by atoms with Crippen LogP contribution in [0.25, 0.3) is 0 Å². The highest BCUT2D eigenvalue weighted by Gasteiger charge is 2.35. The second kappa shape index (κ2) is 5.82. The third-order valence-electron chi connectivity index (χ3n) is 2.47. The minimum Gasteiger partial charge on any atom is -0.383 e. The molecular weight excluding hydrogens is 180 g/mol. The standard InChI is InChI=1S/C9H20N4O/c1-3-7-6-8(7)12-9(13-10)11-4-5-14-2/h7-8H,3-6,10H2,1-2H3,(H2,11,12,13). The number of nitrogens with zero attached hydrogens (tertiary/aromatic N) is 1. The Kier molecular flexibility index (Phi) is 4.69. The van der Waals surface area contributed by atoms with Gasteiger partial charge < -0.3 is 10.1 Å². The average molecular weight is 200 g/mol. The molecule has 2 atom stereocenters. The molecule has 0 spiro atoms. The number of rotatable bonds is 5. The third kappa shape index (κ3) is 3.51. The van der Waals surface area contributed by atoms with Crippen molar-refractivity contribution in [1.29, 1.82) is 0 Å². The van der Waals surface area contributed by atoms with E-state index in [9.17, 15) is 0 Å². The van der Waals surface area contributed by atoms with Crippen LogP contribution < -0.4 is 16.6 Å². The minimum absolute atomic E-state index is 0.553. The van der Waals surface area contributed by atoms with Crippen LogP contribution in [0.15, 0.2) is 4.99 Å². The fourth-order valence-electron chi connectivity index (χ4n) is 1.43. The third-order valence-corrected chi connectivity index (χ3v) is 2.47. The Hall–Kier alpha value is -0.810. The molecule has 0 aromatic carbocycles.